The Balaban J connectivity index is 1.84. The molecular weight excluding hydrogens is 258 g/mol. The largest absolute Gasteiger partial charge is 0.385 e. The predicted molar refractivity (Wildman–Crippen MR) is 75.6 cm³/mol. The Morgan fingerprint density at radius 3 is 3.10 bits per heavy atom. The van der Waals surface area contributed by atoms with Crippen molar-refractivity contribution < 1.29 is 14.2 Å². The third-order valence-electron chi connectivity index (χ3n) is 3.48. The zero-order valence-electron chi connectivity index (χ0n) is 12.5. The first-order valence-corrected chi connectivity index (χ1v) is 7.16. The van der Waals surface area contributed by atoms with Crippen LogP contribution in [-0.2, 0) is 27.3 Å². The van der Waals surface area contributed by atoms with E-state index in [2.05, 4.69) is 20.7 Å². The van der Waals surface area contributed by atoms with Crippen LogP contribution in [0.4, 0.5) is 0 Å². The van der Waals surface area contributed by atoms with Crippen LogP contribution in [0.2, 0.25) is 0 Å². The van der Waals surface area contributed by atoms with Crippen molar-refractivity contribution in [3.8, 4) is 0 Å². The molecule has 1 atom stereocenters. The van der Waals surface area contributed by atoms with Gasteiger partial charge in [-0.1, -0.05) is 0 Å². The number of methoxy groups -OCH3 is 2. The van der Waals surface area contributed by atoms with Crippen molar-refractivity contribution in [2.75, 3.05) is 47.1 Å². The fourth-order valence-corrected chi connectivity index (χ4v) is 2.49. The molecule has 1 aliphatic heterocycles. The Bertz CT molecular complexity index is 381. The molecule has 0 amide bonds. The summed E-state index contributed by atoms with van der Waals surface area (Å²) < 4.78 is 18.0. The molecule has 1 unspecified atom stereocenters. The van der Waals surface area contributed by atoms with E-state index in [0.717, 1.165) is 45.8 Å². The minimum atomic E-state index is 0.179. The highest BCUT2D eigenvalue weighted by atomic mass is 16.5. The van der Waals surface area contributed by atoms with Crippen LogP contribution in [0.3, 0.4) is 0 Å². The highest BCUT2D eigenvalue weighted by Crippen LogP contribution is 2.11. The number of aromatic nitrogens is 2. The van der Waals surface area contributed by atoms with Crippen LogP contribution in [0.5, 0.6) is 0 Å². The van der Waals surface area contributed by atoms with Crippen LogP contribution in [0.15, 0.2) is 12.3 Å². The van der Waals surface area contributed by atoms with Crippen LogP contribution >= 0.6 is 0 Å². The minimum Gasteiger partial charge on any atom is -0.385 e. The summed E-state index contributed by atoms with van der Waals surface area (Å²) in [4.78, 5) is 2.40. The number of aryl methyl sites for hydroxylation is 1. The van der Waals surface area contributed by atoms with E-state index >= 15 is 0 Å². The third-order valence-corrected chi connectivity index (χ3v) is 3.48. The van der Waals surface area contributed by atoms with Gasteiger partial charge in [0.2, 0.25) is 0 Å². The molecule has 0 aromatic carbocycles. The van der Waals surface area contributed by atoms with Gasteiger partial charge < -0.3 is 14.2 Å². The molecule has 1 aromatic rings. The summed E-state index contributed by atoms with van der Waals surface area (Å²) in [5.41, 5.74) is 1.25. The normalized spacial score (nSPS) is 20.4. The van der Waals surface area contributed by atoms with E-state index < -0.39 is 0 Å². The van der Waals surface area contributed by atoms with Gasteiger partial charge in [0.1, 0.15) is 0 Å². The van der Waals surface area contributed by atoms with E-state index in [1.807, 2.05) is 6.20 Å². The lowest BCUT2D eigenvalue weighted by atomic mass is 10.2. The van der Waals surface area contributed by atoms with Crippen LogP contribution in [0.1, 0.15) is 12.1 Å². The van der Waals surface area contributed by atoms with Gasteiger partial charge in [0.25, 0.3) is 0 Å². The number of rotatable bonds is 8. The SMILES string of the molecule is COCCCn1nccc1CN1CCOC(COC)C1. The van der Waals surface area contributed by atoms with Crippen molar-refractivity contribution in [2.45, 2.75) is 25.6 Å². The summed E-state index contributed by atoms with van der Waals surface area (Å²) >= 11 is 0. The lowest BCUT2D eigenvalue weighted by molar-refractivity contribution is -0.0636. The topological polar surface area (TPSA) is 48.8 Å². The average molecular weight is 283 g/mol. The number of nitrogens with zero attached hydrogens (tertiary/aromatic N) is 3. The molecule has 0 aliphatic carbocycles. The molecule has 20 heavy (non-hydrogen) atoms. The molecule has 0 N–H and O–H groups in total. The highest BCUT2D eigenvalue weighted by molar-refractivity contribution is 5.00. The fraction of sp³-hybridized carbons (Fsp3) is 0.786. The van der Waals surface area contributed by atoms with E-state index in [1.54, 1.807) is 14.2 Å². The maximum absolute atomic E-state index is 5.67. The molecule has 1 saturated heterocycles. The Kier molecular flexibility index (Phi) is 6.46. The number of hydrogen-bond acceptors (Lipinski definition) is 5. The summed E-state index contributed by atoms with van der Waals surface area (Å²) in [5.74, 6) is 0. The summed E-state index contributed by atoms with van der Waals surface area (Å²) in [6.45, 7) is 5.89. The Morgan fingerprint density at radius 1 is 1.40 bits per heavy atom. The van der Waals surface area contributed by atoms with Gasteiger partial charge in [-0.15, -0.1) is 0 Å². The van der Waals surface area contributed by atoms with Crippen LogP contribution in [-0.4, -0.2) is 67.9 Å². The molecule has 2 rings (SSSR count). The molecule has 6 nitrogen and oxygen atoms in total. The molecule has 0 bridgehead atoms. The minimum absolute atomic E-state index is 0.179. The van der Waals surface area contributed by atoms with E-state index in [4.69, 9.17) is 14.2 Å². The molecule has 1 aliphatic rings. The first-order valence-electron chi connectivity index (χ1n) is 7.16. The van der Waals surface area contributed by atoms with E-state index in [-0.39, 0.29) is 6.10 Å². The van der Waals surface area contributed by atoms with Crippen molar-refractivity contribution in [3.63, 3.8) is 0 Å². The Labute approximate surface area is 120 Å². The number of hydrogen-bond donors (Lipinski definition) is 0. The maximum Gasteiger partial charge on any atom is 0.0935 e. The molecule has 0 radical (unpaired) electrons. The van der Waals surface area contributed by atoms with Crippen molar-refractivity contribution >= 4 is 0 Å². The molecular formula is C14H25N3O3. The fourth-order valence-electron chi connectivity index (χ4n) is 2.49. The number of morpholine rings is 1. The van der Waals surface area contributed by atoms with Crippen molar-refractivity contribution in [1.29, 1.82) is 0 Å². The number of ether oxygens (including phenoxy) is 3. The summed E-state index contributed by atoms with van der Waals surface area (Å²) in [6.07, 6.45) is 3.04. The summed E-state index contributed by atoms with van der Waals surface area (Å²) in [7, 11) is 3.45. The summed E-state index contributed by atoms with van der Waals surface area (Å²) in [6, 6.07) is 2.09. The second kappa shape index (κ2) is 8.36. The van der Waals surface area contributed by atoms with Gasteiger partial charge in [-0.25, -0.2) is 0 Å². The van der Waals surface area contributed by atoms with Gasteiger partial charge in [-0.3, -0.25) is 9.58 Å². The Hall–Kier alpha value is -0.950. The van der Waals surface area contributed by atoms with Crippen molar-refractivity contribution in [3.05, 3.63) is 18.0 Å². The van der Waals surface area contributed by atoms with Gasteiger partial charge in [-0.05, 0) is 12.5 Å². The zero-order valence-corrected chi connectivity index (χ0v) is 12.5. The molecule has 114 valence electrons. The predicted octanol–water partition coefficient (Wildman–Crippen LogP) is 0.767. The maximum atomic E-state index is 5.67. The van der Waals surface area contributed by atoms with E-state index in [9.17, 15) is 0 Å². The second-order valence-corrected chi connectivity index (χ2v) is 5.08. The van der Waals surface area contributed by atoms with Gasteiger partial charge in [0.05, 0.1) is 25.0 Å². The Morgan fingerprint density at radius 2 is 2.30 bits per heavy atom. The molecule has 6 heteroatoms. The van der Waals surface area contributed by atoms with Gasteiger partial charge in [0.15, 0.2) is 0 Å². The van der Waals surface area contributed by atoms with Crippen molar-refractivity contribution in [2.24, 2.45) is 0 Å². The van der Waals surface area contributed by atoms with E-state index in [0.29, 0.717) is 6.61 Å². The lowest BCUT2D eigenvalue weighted by Crippen LogP contribution is -2.44. The first-order chi connectivity index (χ1) is 9.83. The highest BCUT2D eigenvalue weighted by Gasteiger charge is 2.21. The van der Waals surface area contributed by atoms with Gasteiger partial charge in [-0.2, -0.15) is 5.10 Å². The first kappa shape index (κ1) is 15.4. The smallest absolute Gasteiger partial charge is 0.0935 e. The molecule has 2 heterocycles. The monoisotopic (exact) mass is 283 g/mol. The van der Waals surface area contributed by atoms with Crippen LogP contribution < -0.4 is 0 Å². The molecule has 0 spiro atoms. The summed E-state index contributed by atoms with van der Waals surface area (Å²) in [5, 5.41) is 4.39. The molecule has 1 fully saturated rings. The standard InChI is InChI=1S/C14H25N3O3/c1-18-8-3-6-17-13(4-5-15-17)10-16-7-9-20-14(11-16)12-19-2/h4-5,14H,3,6-12H2,1-2H3. The quantitative estimate of drug-likeness (QED) is 0.660. The van der Waals surface area contributed by atoms with Crippen LogP contribution in [0, 0.1) is 0 Å². The zero-order chi connectivity index (χ0) is 14.2. The molecule has 1 aromatic heterocycles. The van der Waals surface area contributed by atoms with Crippen LogP contribution in [0.25, 0.3) is 0 Å². The van der Waals surface area contributed by atoms with Gasteiger partial charge in [0, 0.05) is 53.2 Å². The molecule has 0 saturated carbocycles. The second-order valence-electron chi connectivity index (χ2n) is 5.08. The lowest BCUT2D eigenvalue weighted by Gasteiger charge is -2.32. The third kappa shape index (κ3) is 4.56. The van der Waals surface area contributed by atoms with Gasteiger partial charge >= 0.3 is 0 Å². The average Bonchev–Trinajstić information content (AvgIpc) is 2.87. The van der Waals surface area contributed by atoms with E-state index in [1.165, 1.54) is 5.69 Å². The van der Waals surface area contributed by atoms with Crippen molar-refractivity contribution in [1.82, 2.24) is 14.7 Å².